The van der Waals surface area contributed by atoms with Gasteiger partial charge in [0.2, 0.25) is 0 Å². The molecule has 5 heteroatoms. The molecule has 0 spiro atoms. The van der Waals surface area contributed by atoms with E-state index < -0.39 is 5.44 Å². The highest BCUT2D eigenvalue weighted by Gasteiger charge is 2.17. The molecule has 0 radical (unpaired) electrons. The molecule has 1 heterocycles. The summed E-state index contributed by atoms with van der Waals surface area (Å²) in [7, 11) is 2.09. The summed E-state index contributed by atoms with van der Waals surface area (Å²) in [5, 5.41) is 17.3. The van der Waals surface area contributed by atoms with E-state index in [2.05, 4.69) is 11.9 Å². The predicted molar refractivity (Wildman–Crippen MR) is 56.1 cm³/mol. The minimum absolute atomic E-state index is 0.479. The van der Waals surface area contributed by atoms with Crippen LogP contribution in [0.5, 0.6) is 0 Å². The molecule has 13 heavy (non-hydrogen) atoms. The molecule has 0 aromatic carbocycles. The van der Waals surface area contributed by atoms with Crippen LogP contribution in [-0.4, -0.2) is 58.7 Å². The van der Waals surface area contributed by atoms with Crippen molar-refractivity contribution in [3.63, 3.8) is 0 Å². The van der Waals surface area contributed by atoms with Gasteiger partial charge in [0.25, 0.3) is 0 Å². The van der Waals surface area contributed by atoms with E-state index in [1.54, 1.807) is 6.92 Å². The van der Waals surface area contributed by atoms with Crippen LogP contribution in [-0.2, 0) is 0 Å². The van der Waals surface area contributed by atoms with Crippen molar-refractivity contribution in [1.82, 2.24) is 9.80 Å². The Balaban J connectivity index is 2.31. The van der Waals surface area contributed by atoms with E-state index in [-0.39, 0.29) is 0 Å². The van der Waals surface area contributed by atoms with Crippen molar-refractivity contribution in [2.45, 2.75) is 12.4 Å². The smallest absolute Gasteiger partial charge is 0.158 e. The van der Waals surface area contributed by atoms with Crippen molar-refractivity contribution >= 4 is 16.9 Å². The summed E-state index contributed by atoms with van der Waals surface area (Å²) in [5.74, 6) is 0. The van der Waals surface area contributed by atoms with Gasteiger partial charge in [0.05, 0.1) is 0 Å². The zero-order valence-corrected chi connectivity index (χ0v) is 8.97. The van der Waals surface area contributed by atoms with E-state index in [0.717, 1.165) is 26.2 Å². The topological polar surface area (TPSA) is 50.6 Å². The second kappa shape index (κ2) is 4.83. The third-order valence-corrected chi connectivity index (χ3v) is 2.90. The molecule has 1 rings (SSSR count). The predicted octanol–water partition coefficient (Wildman–Crippen LogP) is 0.240. The summed E-state index contributed by atoms with van der Waals surface area (Å²) < 4.78 is 0. The van der Waals surface area contributed by atoms with E-state index in [4.69, 9.17) is 10.5 Å². The van der Waals surface area contributed by atoms with Crippen molar-refractivity contribution in [3.8, 4) is 0 Å². The molecule has 2 N–H and O–H groups in total. The molecule has 0 saturated carbocycles. The summed E-state index contributed by atoms with van der Waals surface area (Å²) >= 11 is 1.21. The third-order valence-electron chi connectivity index (χ3n) is 2.07. The van der Waals surface area contributed by atoms with E-state index in [9.17, 15) is 0 Å². The van der Waals surface area contributed by atoms with Gasteiger partial charge in [0.1, 0.15) is 5.44 Å². The van der Waals surface area contributed by atoms with Crippen LogP contribution < -0.4 is 0 Å². The highest BCUT2D eigenvalue weighted by Crippen LogP contribution is 2.13. The SMILES string of the molecule is CC(O)SC(=N)N1CCN(C)CC1. The first-order valence-electron chi connectivity index (χ1n) is 4.46. The van der Waals surface area contributed by atoms with E-state index in [0.29, 0.717) is 5.17 Å². The Morgan fingerprint density at radius 3 is 2.38 bits per heavy atom. The lowest BCUT2D eigenvalue weighted by Crippen LogP contribution is -2.46. The van der Waals surface area contributed by atoms with Gasteiger partial charge in [-0.25, -0.2) is 0 Å². The van der Waals surface area contributed by atoms with Crippen molar-refractivity contribution in [1.29, 1.82) is 5.41 Å². The van der Waals surface area contributed by atoms with Gasteiger partial charge in [-0.2, -0.15) is 0 Å². The van der Waals surface area contributed by atoms with Crippen molar-refractivity contribution < 1.29 is 5.11 Å². The van der Waals surface area contributed by atoms with Crippen molar-refractivity contribution in [3.05, 3.63) is 0 Å². The second-order valence-electron chi connectivity index (χ2n) is 3.31. The molecule has 1 saturated heterocycles. The fourth-order valence-corrected chi connectivity index (χ4v) is 1.90. The highest BCUT2D eigenvalue weighted by molar-refractivity contribution is 8.14. The molecule has 1 fully saturated rings. The number of aliphatic hydroxyl groups excluding tert-OH is 1. The quantitative estimate of drug-likeness (QED) is 0.364. The Bertz CT molecular complexity index is 178. The number of nitrogens with zero attached hydrogens (tertiary/aromatic N) is 2. The minimum atomic E-state index is -0.479. The largest absolute Gasteiger partial charge is 0.382 e. The Morgan fingerprint density at radius 2 is 1.92 bits per heavy atom. The lowest BCUT2D eigenvalue weighted by molar-refractivity contribution is 0.217. The van der Waals surface area contributed by atoms with Crippen LogP contribution in [0.1, 0.15) is 6.92 Å². The zero-order chi connectivity index (χ0) is 9.84. The number of aliphatic hydroxyl groups is 1. The molecule has 1 atom stereocenters. The molecule has 0 aromatic heterocycles. The number of hydrogen-bond donors (Lipinski definition) is 2. The lowest BCUT2D eigenvalue weighted by Gasteiger charge is -2.33. The fraction of sp³-hybridized carbons (Fsp3) is 0.875. The molecule has 0 bridgehead atoms. The summed E-state index contributed by atoms with van der Waals surface area (Å²) in [5.41, 5.74) is -0.479. The molecule has 1 unspecified atom stereocenters. The van der Waals surface area contributed by atoms with Gasteiger partial charge in [-0.1, -0.05) is 11.8 Å². The van der Waals surface area contributed by atoms with Gasteiger partial charge in [-0.05, 0) is 14.0 Å². The number of hydrogen-bond acceptors (Lipinski definition) is 4. The number of piperazine rings is 1. The lowest BCUT2D eigenvalue weighted by atomic mass is 10.3. The maximum atomic E-state index is 9.09. The maximum absolute atomic E-state index is 9.09. The van der Waals surface area contributed by atoms with Gasteiger partial charge >= 0.3 is 0 Å². The summed E-state index contributed by atoms with van der Waals surface area (Å²) in [6.07, 6.45) is 0. The summed E-state index contributed by atoms with van der Waals surface area (Å²) in [4.78, 5) is 4.26. The number of likely N-dealkylation sites (N-methyl/N-ethyl adjacent to an activating group) is 1. The van der Waals surface area contributed by atoms with Gasteiger partial charge in [-0.15, -0.1) is 0 Å². The Labute approximate surface area is 83.4 Å². The molecule has 0 amide bonds. The molecular formula is C8H17N3OS. The van der Waals surface area contributed by atoms with E-state index >= 15 is 0 Å². The van der Waals surface area contributed by atoms with Crippen LogP contribution >= 0.6 is 11.8 Å². The summed E-state index contributed by atoms with van der Waals surface area (Å²) in [6, 6.07) is 0. The number of amidine groups is 1. The average Bonchev–Trinajstić information content (AvgIpc) is 2.04. The van der Waals surface area contributed by atoms with Crippen LogP contribution in [0.2, 0.25) is 0 Å². The number of rotatable bonds is 1. The van der Waals surface area contributed by atoms with Crippen molar-refractivity contribution in [2.24, 2.45) is 0 Å². The zero-order valence-electron chi connectivity index (χ0n) is 8.16. The minimum Gasteiger partial charge on any atom is -0.382 e. The Morgan fingerprint density at radius 1 is 1.38 bits per heavy atom. The van der Waals surface area contributed by atoms with Crippen LogP contribution in [0.4, 0.5) is 0 Å². The van der Waals surface area contributed by atoms with Crippen LogP contribution in [0.15, 0.2) is 0 Å². The van der Waals surface area contributed by atoms with Gasteiger partial charge in [0, 0.05) is 26.2 Å². The van der Waals surface area contributed by atoms with Gasteiger partial charge in [0.15, 0.2) is 5.17 Å². The summed E-state index contributed by atoms with van der Waals surface area (Å²) in [6.45, 7) is 5.49. The first kappa shape index (κ1) is 10.8. The fourth-order valence-electron chi connectivity index (χ4n) is 1.25. The van der Waals surface area contributed by atoms with Crippen LogP contribution in [0.25, 0.3) is 0 Å². The normalized spacial score (nSPS) is 21.6. The molecule has 0 aliphatic carbocycles. The first-order chi connectivity index (χ1) is 6.09. The first-order valence-corrected chi connectivity index (χ1v) is 5.34. The van der Waals surface area contributed by atoms with E-state index in [1.807, 2.05) is 4.90 Å². The Kier molecular flexibility index (Phi) is 4.02. The van der Waals surface area contributed by atoms with Gasteiger partial charge in [-0.3, -0.25) is 5.41 Å². The highest BCUT2D eigenvalue weighted by atomic mass is 32.2. The van der Waals surface area contributed by atoms with Crippen LogP contribution in [0, 0.1) is 5.41 Å². The monoisotopic (exact) mass is 203 g/mol. The van der Waals surface area contributed by atoms with E-state index in [1.165, 1.54) is 11.8 Å². The van der Waals surface area contributed by atoms with Crippen molar-refractivity contribution in [2.75, 3.05) is 33.2 Å². The molecule has 76 valence electrons. The molecule has 1 aliphatic heterocycles. The molecule has 4 nitrogen and oxygen atoms in total. The standard InChI is InChI=1S/C8H17N3OS/c1-7(12)13-8(9)11-5-3-10(2)4-6-11/h7,9,12H,3-6H2,1-2H3. The van der Waals surface area contributed by atoms with Gasteiger partial charge < -0.3 is 14.9 Å². The number of thioether (sulfide) groups is 1. The second-order valence-corrected chi connectivity index (χ2v) is 4.62. The maximum Gasteiger partial charge on any atom is 0.158 e. The third kappa shape index (κ3) is 3.54. The average molecular weight is 203 g/mol. The molecule has 1 aliphatic rings. The molecule has 0 aromatic rings. The Hall–Kier alpha value is -0.260. The number of nitrogens with one attached hydrogen (secondary N) is 1. The van der Waals surface area contributed by atoms with Crippen LogP contribution in [0.3, 0.4) is 0 Å². The molecular weight excluding hydrogens is 186 g/mol.